The first kappa shape index (κ1) is 13.9. The van der Waals surface area contributed by atoms with Crippen molar-refractivity contribution in [3.8, 4) is 0 Å². The molecule has 0 saturated heterocycles. The first-order valence-corrected chi connectivity index (χ1v) is 5.91. The van der Waals surface area contributed by atoms with Crippen LogP contribution >= 0.6 is 0 Å². The van der Waals surface area contributed by atoms with Crippen LogP contribution < -0.4 is 5.32 Å². The number of nitro groups is 1. The first-order valence-electron chi connectivity index (χ1n) is 5.91. The lowest BCUT2D eigenvalue weighted by molar-refractivity contribution is -0.384. The summed E-state index contributed by atoms with van der Waals surface area (Å²) in [6, 6.07) is 3.67. The zero-order chi connectivity index (χ0) is 14.9. The fourth-order valence-electron chi connectivity index (χ4n) is 2.07. The summed E-state index contributed by atoms with van der Waals surface area (Å²) in [6.07, 6.45) is 0. The van der Waals surface area contributed by atoms with Gasteiger partial charge in [-0.05, 0) is 18.7 Å². The molecule has 2 amide bonds. The van der Waals surface area contributed by atoms with Crippen molar-refractivity contribution in [2.24, 2.45) is 0 Å². The number of rotatable bonds is 5. The van der Waals surface area contributed by atoms with Crippen LogP contribution in [0.5, 0.6) is 0 Å². The predicted octanol–water partition coefficient (Wildman–Crippen LogP) is 0.966. The van der Waals surface area contributed by atoms with Gasteiger partial charge in [-0.15, -0.1) is 0 Å². The van der Waals surface area contributed by atoms with E-state index >= 15 is 0 Å². The largest absolute Gasteiger partial charge is 0.316 e. The van der Waals surface area contributed by atoms with Crippen LogP contribution in [0.2, 0.25) is 0 Å². The molecule has 1 aliphatic rings. The Morgan fingerprint density at radius 1 is 1.35 bits per heavy atom. The normalized spacial score (nSPS) is 13.6. The van der Waals surface area contributed by atoms with Crippen molar-refractivity contribution in [2.45, 2.75) is 0 Å². The molecule has 0 fully saturated rings. The number of carbonyl (C=O) groups excluding carboxylic acids is 2. The monoisotopic (exact) mass is 275 g/mol. The molecular formula is C13H13N3O4. The number of amides is 2. The van der Waals surface area contributed by atoms with E-state index in [9.17, 15) is 19.7 Å². The molecule has 1 N–H and O–H groups in total. The molecule has 0 aromatic heterocycles. The highest BCUT2D eigenvalue weighted by Gasteiger charge is 2.36. The summed E-state index contributed by atoms with van der Waals surface area (Å²) < 4.78 is 0. The molecule has 1 aliphatic heterocycles. The van der Waals surface area contributed by atoms with Crippen LogP contribution in [0, 0.1) is 10.1 Å². The van der Waals surface area contributed by atoms with Crippen molar-refractivity contribution in [1.82, 2.24) is 10.2 Å². The fourth-order valence-corrected chi connectivity index (χ4v) is 2.07. The average Bonchev–Trinajstić information content (AvgIpc) is 2.64. The lowest BCUT2D eigenvalue weighted by atomic mass is 10.1. The minimum absolute atomic E-state index is 0.0708. The van der Waals surface area contributed by atoms with Crippen LogP contribution in [-0.2, 0) is 0 Å². The van der Waals surface area contributed by atoms with Gasteiger partial charge >= 0.3 is 0 Å². The molecule has 7 heteroatoms. The molecular weight excluding hydrogens is 262 g/mol. The summed E-state index contributed by atoms with van der Waals surface area (Å²) >= 11 is 0. The number of hydrogen-bond donors (Lipinski definition) is 1. The van der Waals surface area contributed by atoms with E-state index in [0.29, 0.717) is 12.1 Å². The van der Waals surface area contributed by atoms with Gasteiger partial charge in [0, 0.05) is 18.7 Å². The molecule has 0 aliphatic carbocycles. The number of nitro benzene ring substituents is 1. The van der Waals surface area contributed by atoms with Crippen molar-refractivity contribution in [1.29, 1.82) is 0 Å². The third-order valence-corrected chi connectivity index (χ3v) is 2.97. The molecule has 7 nitrogen and oxygen atoms in total. The number of likely N-dealkylation sites (N-methyl/N-ethyl adjacent to an activating group) is 1. The number of fused-ring (bicyclic) bond motifs is 1. The van der Waals surface area contributed by atoms with Crippen LogP contribution in [0.4, 0.5) is 5.69 Å². The molecule has 1 aromatic rings. The second-order valence-corrected chi connectivity index (χ2v) is 4.46. The number of imide groups is 1. The first-order chi connectivity index (χ1) is 9.45. The predicted molar refractivity (Wildman–Crippen MR) is 71.5 cm³/mol. The number of benzene rings is 1. The van der Waals surface area contributed by atoms with E-state index < -0.39 is 16.7 Å². The molecule has 1 aromatic carbocycles. The minimum Gasteiger partial charge on any atom is -0.316 e. The van der Waals surface area contributed by atoms with Gasteiger partial charge < -0.3 is 5.32 Å². The van der Waals surface area contributed by atoms with Gasteiger partial charge in [-0.3, -0.25) is 24.6 Å². The third-order valence-electron chi connectivity index (χ3n) is 2.97. The van der Waals surface area contributed by atoms with Gasteiger partial charge in [-0.2, -0.15) is 0 Å². The molecule has 0 saturated carbocycles. The molecule has 1 heterocycles. The Hall–Kier alpha value is -2.54. The molecule has 104 valence electrons. The van der Waals surface area contributed by atoms with Crippen LogP contribution in [0.1, 0.15) is 20.7 Å². The van der Waals surface area contributed by atoms with Crippen molar-refractivity contribution in [2.75, 3.05) is 20.1 Å². The number of nitrogens with one attached hydrogen (secondary N) is 1. The van der Waals surface area contributed by atoms with E-state index in [1.54, 1.807) is 7.05 Å². The molecule has 0 unspecified atom stereocenters. The smallest absolute Gasteiger partial charge is 0.270 e. The van der Waals surface area contributed by atoms with E-state index in [4.69, 9.17) is 0 Å². The van der Waals surface area contributed by atoms with E-state index in [2.05, 4.69) is 11.9 Å². The van der Waals surface area contributed by atoms with Gasteiger partial charge in [0.25, 0.3) is 17.5 Å². The zero-order valence-electron chi connectivity index (χ0n) is 10.9. The maximum absolute atomic E-state index is 12.1. The Kier molecular flexibility index (Phi) is 3.62. The molecule has 0 atom stereocenters. The van der Waals surface area contributed by atoms with E-state index in [0.717, 1.165) is 11.0 Å². The maximum atomic E-state index is 12.1. The van der Waals surface area contributed by atoms with Gasteiger partial charge in [-0.1, -0.05) is 6.58 Å². The van der Waals surface area contributed by atoms with Gasteiger partial charge in [0.1, 0.15) is 0 Å². The summed E-state index contributed by atoms with van der Waals surface area (Å²) in [7, 11) is 1.73. The summed E-state index contributed by atoms with van der Waals surface area (Å²) in [4.78, 5) is 35.4. The van der Waals surface area contributed by atoms with Gasteiger partial charge in [-0.25, -0.2) is 0 Å². The summed E-state index contributed by atoms with van der Waals surface area (Å²) in [5, 5.41) is 13.6. The SMILES string of the molecule is C=C(CNC)CN1C(=O)c2ccc([N+](=O)[O-])cc2C1=O. The topological polar surface area (TPSA) is 92.6 Å². The van der Waals surface area contributed by atoms with E-state index in [1.165, 1.54) is 12.1 Å². The number of nitrogens with zero attached hydrogens (tertiary/aromatic N) is 2. The second-order valence-electron chi connectivity index (χ2n) is 4.46. The lowest BCUT2D eigenvalue weighted by Gasteiger charge is -2.15. The highest BCUT2D eigenvalue weighted by atomic mass is 16.6. The highest BCUT2D eigenvalue weighted by molar-refractivity contribution is 6.21. The number of carbonyl (C=O) groups is 2. The van der Waals surface area contributed by atoms with Crippen molar-refractivity contribution in [3.63, 3.8) is 0 Å². The van der Waals surface area contributed by atoms with E-state index in [-0.39, 0.29) is 23.4 Å². The summed E-state index contributed by atoms with van der Waals surface area (Å²) in [6.45, 7) is 4.35. The summed E-state index contributed by atoms with van der Waals surface area (Å²) in [5.41, 5.74) is 0.733. The minimum atomic E-state index is -0.597. The third kappa shape index (κ3) is 2.30. The van der Waals surface area contributed by atoms with Crippen LogP contribution in [0.15, 0.2) is 30.4 Å². The van der Waals surface area contributed by atoms with Crippen molar-refractivity contribution >= 4 is 17.5 Å². The van der Waals surface area contributed by atoms with Gasteiger partial charge in [0.2, 0.25) is 0 Å². The maximum Gasteiger partial charge on any atom is 0.270 e. The highest BCUT2D eigenvalue weighted by Crippen LogP contribution is 2.27. The Labute approximate surface area is 115 Å². The molecule has 2 rings (SSSR count). The van der Waals surface area contributed by atoms with Crippen LogP contribution in [0.25, 0.3) is 0 Å². The Balaban J connectivity index is 2.30. The molecule has 0 spiro atoms. The van der Waals surface area contributed by atoms with Gasteiger partial charge in [0.05, 0.1) is 22.6 Å². The van der Waals surface area contributed by atoms with Crippen molar-refractivity contribution < 1.29 is 14.5 Å². The zero-order valence-corrected chi connectivity index (χ0v) is 10.9. The van der Waals surface area contributed by atoms with Crippen LogP contribution in [-0.4, -0.2) is 41.8 Å². The van der Waals surface area contributed by atoms with E-state index in [1.807, 2.05) is 0 Å². The molecule has 0 radical (unpaired) electrons. The quantitative estimate of drug-likeness (QED) is 0.374. The van der Waals surface area contributed by atoms with Crippen molar-refractivity contribution in [3.05, 3.63) is 51.6 Å². The van der Waals surface area contributed by atoms with Crippen LogP contribution in [0.3, 0.4) is 0 Å². The Morgan fingerprint density at radius 2 is 2.00 bits per heavy atom. The fraction of sp³-hybridized carbons (Fsp3) is 0.231. The summed E-state index contributed by atoms with van der Waals surface area (Å²) in [5.74, 6) is -0.969. The second kappa shape index (κ2) is 5.22. The molecule has 0 bridgehead atoms. The average molecular weight is 275 g/mol. The molecule has 20 heavy (non-hydrogen) atoms. The lowest BCUT2D eigenvalue weighted by Crippen LogP contribution is -2.33. The Morgan fingerprint density at radius 3 is 2.60 bits per heavy atom. The van der Waals surface area contributed by atoms with Gasteiger partial charge in [0.15, 0.2) is 0 Å². The number of hydrogen-bond acceptors (Lipinski definition) is 5. The number of non-ortho nitro benzene ring substituents is 1. The standard InChI is InChI=1S/C13H13N3O4/c1-8(6-14-2)7-15-12(17)10-4-3-9(16(19)20)5-11(10)13(15)18/h3-5,14H,1,6-7H2,2H3. The Bertz CT molecular complexity index is 624.